The average molecular weight is 282 g/mol. The Hall–Kier alpha value is -0.910. The number of carboxylic acid groups (broad SMARTS) is 1. The lowest BCUT2D eigenvalue weighted by molar-refractivity contribution is -0.136. The van der Waals surface area contributed by atoms with Gasteiger partial charge in [0, 0.05) is 28.9 Å². The molecule has 19 heavy (non-hydrogen) atoms. The van der Waals surface area contributed by atoms with Crippen LogP contribution in [0.5, 0.6) is 0 Å². The third-order valence-corrected chi connectivity index (χ3v) is 4.65. The van der Waals surface area contributed by atoms with Crippen molar-refractivity contribution < 1.29 is 9.90 Å². The average Bonchev–Trinajstić information content (AvgIpc) is 2.83. The van der Waals surface area contributed by atoms with Crippen molar-refractivity contribution in [1.82, 2.24) is 10.2 Å². The molecule has 0 spiro atoms. The third kappa shape index (κ3) is 4.60. The molecule has 2 heterocycles. The summed E-state index contributed by atoms with van der Waals surface area (Å²) in [7, 11) is 0. The maximum Gasteiger partial charge on any atom is 0.308 e. The first-order chi connectivity index (χ1) is 9.17. The Kier molecular flexibility index (Phi) is 5.36. The van der Waals surface area contributed by atoms with Crippen LogP contribution in [0.4, 0.5) is 0 Å². The lowest BCUT2D eigenvalue weighted by Crippen LogP contribution is -2.45. The van der Waals surface area contributed by atoms with Crippen molar-refractivity contribution >= 4 is 17.3 Å². The minimum absolute atomic E-state index is 0.137. The summed E-state index contributed by atoms with van der Waals surface area (Å²) in [6.07, 6.45) is 2.64. The normalized spacial score (nSPS) is 20.6. The van der Waals surface area contributed by atoms with Crippen molar-refractivity contribution in [3.05, 3.63) is 21.9 Å². The number of piperidine rings is 1. The van der Waals surface area contributed by atoms with Crippen LogP contribution in [0.25, 0.3) is 0 Å². The molecule has 106 valence electrons. The second kappa shape index (κ2) is 7.03. The summed E-state index contributed by atoms with van der Waals surface area (Å²) in [4.78, 5) is 15.3. The van der Waals surface area contributed by atoms with E-state index in [0.29, 0.717) is 6.04 Å². The molecular weight excluding hydrogens is 260 g/mol. The van der Waals surface area contributed by atoms with Crippen LogP contribution in [0.3, 0.4) is 0 Å². The fraction of sp³-hybridized carbons (Fsp3) is 0.643. The first-order valence-electron chi connectivity index (χ1n) is 6.92. The van der Waals surface area contributed by atoms with Gasteiger partial charge in [-0.25, -0.2) is 0 Å². The van der Waals surface area contributed by atoms with E-state index in [0.717, 1.165) is 24.5 Å². The molecule has 0 aliphatic carbocycles. The molecule has 1 unspecified atom stereocenters. The Morgan fingerprint density at radius 1 is 1.53 bits per heavy atom. The van der Waals surface area contributed by atoms with E-state index in [4.69, 9.17) is 5.11 Å². The van der Waals surface area contributed by atoms with Crippen molar-refractivity contribution in [2.45, 2.75) is 38.8 Å². The predicted molar refractivity (Wildman–Crippen MR) is 77.6 cm³/mol. The Morgan fingerprint density at radius 2 is 2.32 bits per heavy atom. The summed E-state index contributed by atoms with van der Waals surface area (Å²) >= 11 is 1.60. The molecule has 0 radical (unpaired) electrons. The molecule has 2 N–H and O–H groups in total. The van der Waals surface area contributed by atoms with Crippen LogP contribution in [0, 0.1) is 0 Å². The second-order valence-corrected chi connectivity index (χ2v) is 6.30. The van der Waals surface area contributed by atoms with Gasteiger partial charge in [-0.15, -0.1) is 11.3 Å². The zero-order valence-corrected chi connectivity index (χ0v) is 12.2. The van der Waals surface area contributed by atoms with Gasteiger partial charge in [-0.1, -0.05) is 6.92 Å². The number of carbonyl (C=O) groups is 1. The maximum absolute atomic E-state index is 10.6. The van der Waals surface area contributed by atoms with Gasteiger partial charge in [0.05, 0.1) is 6.42 Å². The highest BCUT2D eigenvalue weighted by molar-refractivity contribution is 7.12. The summed E-state index contributed by atoms with van der Waals surface area (Å²) in [5.41, 5.74) is 0. The monoisotopic (exact) mass is 282 g/mol. The first-order valence-corrected chi connectivity index (χ1v) is 7.74. The van der Waals surface area contributed by atoms with Gasteiger partial charge < -0.3 is 15.3 Å². The zero-order chi connectivity index (χ0) is 13.7. The zero-order valence-electron chi connectivity index (χ0n) is 11.4. The minimum Gasteiger partial charge on any atom is -0.481 e. The van der Waals surface area contributed by atoms with E-state index in [1.165, 1.54) is 24.3 Å². The van der Waals surface area contributed by atoms with Crippen molar-refractivity contribution in [3.63, 3.8) is 0 Å². The van der Waals surface area contributed by atoms with E-state index in [-0.39, 0.29) is 6.42 Å². The number of hydrogen-bond acceptors (Lipinski definition) is 4. The second-order valence-electron chi connectivity index (χ2n) is 5.05. The number of rotatable bonds is 6. The van der Waals surface area contributed by atoms with Crippen LogP contribution in [-0.4, -0.2) is 41.7 Å². The van der Waals surface area contributed by atoms with Crippen LogP contribution < -0.4 is 5.32 Å². The van der Waals surface area contributed by atoms with Gasteiger partial charge >= 0.3 is 5.97 Å². The SMILES string of the molecule is CCN1CCCC(NCc2ccc(CC(=O)O)s2)C1. The number of likely N-dealkylation sites (N-methyl/N-ethyl adjacent to an activating group) is 1. The summed E-state index contributed by atoms with van der Waals surface area (Å²) in [5, 5.41) is 12.3. The molecule has 0 saturated carbocycles. The molecule has 1 fully saturated rings. The smallest absolute Gasteiger partial charge is 0.308 e. The van der Waals surface area contributed by atoms with Crippen molar-refractivity contribution in [3.8, 4) is 0 Å². The van der Waals surface area contributed by atoms with Gasteiger partial charge in [-0.05, 0) is 38.1 Å². The molecular formula is C14H22N2O2S. The molecule has 4 nitrogen and oxygen atoms in total. The minimum atomic E-state index is -0.757. The van der Waals surface area contributed by atoms with Crippen LogP contribution in [0.2, 0.25) is 0 Å². The molecule has 2 rings (SSSR count). The highest BCUT2D eigenvalue weighted by atomic mass is 32.1. The van der Waals surface area contributed by atoms with Crippen molar-refractivity contribution in [2.75, 3.05) is 19.6 Å². The first kappa shape index (κ1) is 14.5. The fourth-order valence-corrected chi connectivity index (χ4v) is 3.48. The number of aliphatic carboxylic acids is 1. The highest BCUT2D eigenvalue weighted by Gasteiger charge is 2.18. The van der Waals surface area contributed by atoms with E-state index < -0.39 is 5.97 Å². The lowest BCUT2D eigenvalue weighted by atomic mass is 10.1. The Bertz CT molecular complexity index is 419. The van der Waals surface area contributed by atoms with Gasteiger partial charge in [0.2, 0.25) is 0 Å². The van der Waals surface area contributed by atoms with Gasteiger partial charge in [-0.3, -0.25) is 4.79 Å². The van der Waals surface area contributed by atoms with Gasteiger partial charge in [0.15, 0.2) is 0 Å². The van der Waals surface area contributed by atoms with Gasteiger partial charge in [-0.2, -0.15) is 0 Å². The summed E-state index contributed by atoms with van der Waals surface area (Å²) < 4.78 is 0. The van der Waals surface area contributed by atoms with Crippen molar-refractivity contribution in [2.24, 2.45) is 0 Å². The number of nitrogens with zero attached hydrogens (tertiary/aromatic N) is 1. The summed E-state index contributed by atoms with van der Waals surface area (Å²) in [5.74, 6) is -0.757. The van der Waals surface area contributed by atoms with E-state index in [9.17, 15) is 4.79 Å². The quantitative estimate of drug-likeness (QED) is 0.837. The molecule has 0 bridgehead atoms. The number of carboxylic acids is 1. The van der Waals surface area contributed by atoms with E-state index in [1.54, 1.807) is 11.3 Å². The number of nitrogens with one attached hydrogen (secondary N) is 1. The Labute approximate surface area is 118 Å². The van der Waals surface area contributed by atoms with Crippen LogP contribution in [0.15, 0.2) is 12.1 Å². The molecule has 0 amide bonds. The number of likely N-dealkylation sites (tertiary alicyclic amines) is 1. The van der Waals surface area contributed by atoms with Crippen molar-refractivity contribution in [1.29, 1.82) is 0 Å². The molecule has 1 aromatic heterocycles. The summed E-state index contributed by atoms with van der Waals surface area (Å²) in [6.45, 7) is 6.53. The topological polar surface area (TPSA) is 52.6 Å². The molecule has 5 heteroatoms. The maximum atomic E-state index is 10.6. The molecule has 1 aliphatic heterocycles. The molecule has 1 aliphatic rings. The van der Waals surface area contributed by atoms with Gasteiger partial charge in [0.25, 0.3) is 0 Å². The van der Waals surface area contributed by atoms with E-state index >= 15 is 0 Å². The van der Waals surface area contributed by atoms with E-state index in [2.05, 4.69) is 17.1 Å². The Balaban J connectivity index is 1.78. The Morgan fingerprint density at radius 3 is 3.05 bits per heavy atom. The van der Waals surface area contributed by atoms with Gasteiger partial charge in [0.1, 0.15) is 0 Å². The highest BCUT2D eigenvalue weighted by Crippen LogP contribution is 2.18. The lowest BCUT2D eigenvalue weighted by Gasteiger charge is -2.32. The summed E-state index contributed by atoms with van der Waals surface area (Å²) in [6, 6.07) is 4.53. The molecule has 0 aromatic carbocycles. The predicted octanol–water partition coefficient (Wildman–Crippen LogP) is 1.95. The molecule has 1 aromatic rings. The van der Waals surface area contributed by atoms with E-state index in [1.807, 2.05) is 12.1 Å². The van der Waals surface area contributed by atoms with Crippen LogP contribution in [0.1, 0.15) is 29.5 Å². The molecule has 1 atom stereocenters. The molecule has 1 saturated heterocycles. The number of hydrogen-bond donors (Lipinski definition) is 2. The van der Waals surface area contributed by atoms with Crippen LogP contribution >= 0.6 is 11.3 Å². The van der Waals surface area contributed by atoms with Crippen LogP contribution in [-0.2, 0) is 17.8 Å². The fourth-order valence-electron chi connectivity index (χ4n) is 2.52. The standard InChI is InChI=1S/C14H22N2O2S/c1-2-16-7-3-4-11(10-16)15-9-13-6-5-12(19-13)8-14(17)18/h5-6,11,15H,2-4,7-10H2,1H3,(H,17,18). The third-order valence-electron chi connectivity index (χ3n) is 3.56. The number of thiophene rings is 1. The largest absolute Gasteiger partial charge is 0.481 e.